The zero-order valence-electron chi connectivity index (χ0n) is 11.5. The number of piperazine rings is 1. The first-order chi connectivity index (χ1) is 8.44. The summed E-state index contributed by atoms with van der Waals surface area (Å²) in [4.78, 5) is 26.5. The molecule has 5 nitrogen and oxygen atoms in total. The minimum atomic E-state index is -0.736. The number of amides is 2. The second kappa shape index (κ2) is 4.53. The Morgan fingerprint density at radius 3 is 2.67 bits per heavy atom. The second-order valence-electron chi connectivity index (χ2n) is 5.83. The molecule has 18 heavy (non-hydrogen) atoms. The first-order valence-electron chi connectivity index (χ1n) is 6.75. The van der Waals surface area contributed by atoms with Crippen LogP contribution in [-0.4, -0.2) is 48.4 Å². The Morgan fingerprint density at radius 1 is 1.39 bits per heavy atom. The van der Waals surface area contributed by atoms with Crippen LogP contribution in [0.1, 0.15) is 33.6 Å². The number of nitrogens with zero attached hydrogens (tertiary/aromatic N) is 1. The van der Waals surface area contributed by atoms with Gasteiger partial charge in [0.15, 0.2) is 0 Å². The Labute approximate surface area is 108 Å². The average molecular weight is 253 g/mol. The van der Waals surface area contributed by atoms with Gasteiger partial charge in [-0.2, -0.15) is 0 Å². The van der Waals surface area contributed by atoms with E-state index in [0.717, 1.165) is 25.9 Å². The Bertz CT molecular complexity index is 359. The topological polar surface area (TPSA) is 61.4 Å². The van der Waals surface area contributed by atoms with Crippen molar-refractivity contribution in [3.05, 3.63) is 0 Å². The lowest BCUT2D eigenvalue weighted by Crippen LogP contribution is -2.65. The van der Waals surface area contributed by atoms with Crippen LogP contribution in [0.25, 0.3) is 0 Å². The predicted molar refractivity (Wildman–Crippen MR) is 69.0 cm³/mol. The molecule has 1 atom stereocenters. The van der Waals surface area contributed by atoms with Crippen molar-refractivity contribution < 1.29 is 9.59 Å². The molecule has 2 saturated heterocycles. The van der Waals surface area contributed by atoms with Crippen LogP contribution in [0.3, 0.4) is 0 Å². The van der Waals surface area contributed by atoms with E-state index >= 15 is 0 Å². The summed E-state index contributed by atoms with van der Waals surface area (Å²) < 4.78 is 0. The Morgan fingerprint density at radius 2 is 2.11 bits per heavy atom. The van der Waals surface area contributed by atoms with E-state index in [4.69, 9.17) is 0 Å². The van der Waals surface area contributed by atoms with Crippen molar-refractivity contribution in [2.75, 3.05) is 26.2 Å². The fourth-order valence-corrected chi connectivity index (χ4v) is 2.92. The highest BCUT2D eigenvalue weighted by molar-refractivity contribution is 5.94. The molecule has 0 aromatic carbocycles. The smallest absolute Gasteiger partial charge is 0.245 e. The van der Waals surface area contributed by atoms with Gasteiger partial charge in [-0.05, 0) is 33.2 Å². The molecule has 0 bridgehead atoms. The van der Waals surface area contributed by atoms with Gasteiger partial charge in [-0.1, -0.05) is 6.92 Å². The molecule has 1 unspecified atom stereocenters. The molecular weight excluding hydrogens is 230 g/mol. The van der Waals surface area contributed by atoms with Crippen LogP contribution in [0.5, 0.6) is 0 Å². The van der Waals surface area contributed by atoms with Crippen molar-refractivity contribution in [3.8, 4) is 0 Å². The van der Waals surface area contributed by atoms with Crippen LogP contribution < -0.4 is 10.6 Å². The third-order valence-corrected chi connectivity index (χ3v) is 4.47. The third-order valence-electron chi connectivity index (χ3n) is 4.47. The average Bonchev–Trinajstić information content (AvgIpc) is 2.82. The fourth-order valence-electron chi connectivity index (χ4n) is 2.92. The zero-order valence-corrected chi connectivity index (χ0v) is 11.5. The van der Waals surface area contributed by atoms with E-state index < -0.39 is 5.54 Å². The lowest BCUT2D eigenvalue weighted by atomic mass is 9.81. The van der Waals surface area contributed by atoms with E-state index in [9.17, 15) is 9.59 Å². The molecule has 5 heteroatoms. The van der Waals surface area contributed by atoms with Gasteiger partial charge >= 0.3 is 0 Å². The summed E-state index contributed by atoms with van der Waals surface area (Å²) in [7, 11) is 0. The predicted octanol–water partition coefficient (Wildman–Crippen LogP) is 0.113. The van der Waals surface area contributed by atoms with Gasteiger partial charge in [0, 0.05) is 19.6 Å². The highest BCUT2D eigenvalue weighted by atomic mass is 16.2. The molecule has 0 aliphatic carbocycles. The number of hydrogen-bond acceptors (Lipinski definition) is 3. The Kier molecular flexibility index (Phi) is 3.36. The van der Waals surface area contributed by atoms with Gasteiger partial charge in [0.1, 0.15) is 5.54 Å². The maximum Gasteiger partial charge on any atom is 0.245 e. The zero-order chi connectivity index (χ0) is 13.4. The molecule has 0 radical (unpaired) electrons. The van der Waals surface area contributed by atoms with E-state index in [1.54, 1.807) is 4.90 Å². The number of rotatable bonds is 2. The van der Waals surface area contributed by atoms with Gasteiger partial charge in [-0.25, -0.2) is 0 Å². The number of carbonyl (C=O) groups is 2. The first kappa shape index (κ1) is 13.3. The highest BCUT2D eigenvalue weighted by Gasteiger charge is 2.48. The molecular formula is C13H23N3O2. The molecule has 102 valence electrons. The van der Waals surface area contributed by atoms with Gasteiger partial charge in [0.2, 0.25) is 11.8 Å². The summed E-state index contributed by atoms with van der Waals surface area (Å²) in [6.07, 6.45) is 1.70. The molecule has 0 saturated carbocycles. The molecule has 2 rings (SSSR count). The van der Waals surface area contributed by atoms with Crippen LogP contribution in [-0.2, 0) is 9.59 Å². The molecule has 2 N–H and O–H groups in total. The maximum absolute atomic E-state index is 12.8. The van der Waals surface area contributed by atoms with Crippen LogP contribution in [0.2, 0.25) is 0 Å². The SMILES string of the molecule is CCC1(C(=O)N2CCNC(=O)C2(C)C)CCNC1. The molecule has 0 aromatic heterocycles. The Balaban J connectivity index is 2.24. The van der Waals surface area contributed by atoms with Crippen molar-refractivity contribution >= 4 is 11.8 Å². The molecule has 2 aliphatic heterocycles. The van der Waals surface area contributed by atoms with E-state index in [1.165, 1.54) is 0 Å². The first-order valence-corrected chi connectivity index (χ1v) is 6.75. The van der Waals surface area contributed by atoms with Gasteiger partial charge in [0.05, 0.1) is 5.41 Å². The Hall–Kier alpha value is -1.10. The van der Waals surface area contributed by atoms with Crippen molar-refractivity contribution in [2.24, 2.45) is 5.41 Å². The van der Waals surface area contributed by atoms with E-state index in [0.29, 0.717) is 13.1 Å². The van der Waals surface area contributed by atoms with Crippen molar-refractivity contribution in [1.82, 2.24) is 15.5 Å². The fraction of sp³-hybridized carbons (Fsp3) is 0.846. The van der Waals surface area contributed by atoms with Crippen molar-refractivity contribution in [1.29, 1.82) is 0 Å². The standard InChI is InChI=1S/C13H23N3O2/c1-4-13(5-6-14-9-13)11(18)16-8-7-15-10(17)12(16,2)3/h14H,4-9H2,1-3H3,(H,15,17). The quantitative estimate of drug-likeness (QED) is 0.734. The third kappa shape index (κ3) is 1.90. The second-order valence-corrected chi connectivity index (χ2v) is 5.83. The molecule has 2 fully saturated rings. The minimum absolute atomic E-state index is 0.0562. The summed E-state index contributed by atoms with van der Waals surface area (Å²) in [5.41, 5.74) is -1.05. The van der Waals surface area contributed by atoms with Gasteiger partial charge < -0.3 is 15.5 Å². The van der Waals surface area contributed by atoms with E-state index in [2.05, 4.69) is 17.6 Å². The van der Waals surface area contributed by atoms with E-state index in [1.807, 2.05) is 13.8 Å². The van der Waals surface area contributed by atoms with Gasteiger partial charge in [0.25, 0.3) is 0 Å². The van der Waals surface area contributed by atoms with Crippen LogP contribution in [0.4, 0.5) is 0 Å². The number of hydrogen-bond donors (Lipinski definition) is 2. The van der Waals surface area contributed by atoms with Gasteiger partial charge in [-0.15, -0.1) is 0 Å². The summed E-state index contributed by atoms with van der Waals surface area (Å²) >= 11 is 0. The number of nitrogens with one attached hydrogen (secondary N) is 2. The summed E-state index contributed by atoms with van der Waals surface area (Å²) in [6, 6.07) is 0. The van der Waals surface area contributed by atoms with Gasteiger partial charge in [-0.3, -0.25) is 9.59 Å². The minimum Gasteiger partial charge on any atom is -0.352 e. The summed E-state index contributed by atoms with van der Waals surface area (Å²) in [5, 5.41) is 6.10. The van der Waals surface area contributed by atoms with Crippen molar-refractivity contribution in [3.63, 3.8) is 0 Å². The summed E-state index contributed by atoms with van der Waals surface area (Å²) in [6.45, 7) is 8.50. The van der Waals surface area contributed by atoms with Crippen LogP contribution in [0, 0.1) is 5.41 Å². The monoisotopic (exact) mass is 253 g/mol. The maximum atomic E-state index is 12.8. The van der Waals surface area contributed by atoms with Crippen LogP contribution in [0.15, 0.2) is 0 Å². The normalized spacial score (nSPS) is 31.3. The molecule has 2 amide bonds. The van der Waals surface area contributed by atoms with Crippen LogP contribution >= 0.6 is 0 Å². The molecule has 0 spiro atoms. The summed E-state index contributed by atoms with van der Waals surface area (Å²) in [5.74, 6) is 0.0779. The largest absolute Gasteiger partial charge is 0.352 e. The van der Waals surface area contributed by atoms with Crippen molar-refractivity contribution in [2.45, 2.75) is 39.2 Å². The number of carbonyl (C=O) groups excluding carboxylic acids is 2. The lowest BCUT2D eigenvalue weighted by molar-refractivity contribution is -0.156. The lowest BCUT2D eigenvalue weighted by Gasteiger charge is -2.45. The van der Waals surface area contributed by atoms with E-state index in [-0.39, 0.29) is 17.2 Å². The highest BCUT2D eigenvalue weighted by Crippen LogP contribution is 2.34. The molecule has 0 aromatic rings. The molecule has 2 heterocycles. The molecule has 2 aliphatic rings.